The van der Waals surface area contributed by atoms with Gasteiger partial charge in [0.15, 0.2) is 0 Å². The van der Waals surface area contributed by atoms with E-state index in [-0.39, 0.29) is 40.6 Å². The molecule has 1 saturated carbocycles. The van der Waals surface area contributed by atoms with Crippen molar-refractivity contribution in [1.82, 2.24) is 9.62 Å². The third-order valence-electron chi connectivity index (χ3n) is 6.62. The fourth-order valence-corrected chi connectivity index (χ4v) is 5.99. The lowest BCUT2D eigenvalue weighted by Gasteiger charge is -2.57. The molecule has 3 fully saturated rings. The van der Waals surface area contributed by atoms with Crippen LogP contribution in [0.15, 0.2) is 36.4 Å². The lowest BCUT2D eigenvalue weighted by molar-refractivity contribution is -0.0652. The van der Waals surface area contributed by atoms with Crippen molar-refractivity contribution < 1.29 is 26.7 Å². The minimum absolute atomic E-state index is 0.0149. The second-order valence-corrected chi connectivity index (χ2v) is 12.4. The van der Waals surface area contributed by atoms with Gasteiger partial charge < -0.3 is 9.64 Å². The second-order valence-electron chi connectivity index (χ2n) is 10.6. The minimum atomic E-state index is -3.61. The zero-order valence-corrected chi connectivity index (χ0v) is 21.4. The number of piperidine rings is 2. The average molecular weight is 518 g/mol. The van der Waals surface area contributed by atoms with Crippen molar-refractivity contribution in [1.29, 1.82) is 5.26 Å². The number of sulfonamides is 1. The highest BCUT2D eigenvalue weighted by Gasteiger charge is 2.54. The molecule has 5 rings (SSSR count). The summed E-state index contributed by atoms with van der Waals surface area (Å²) >= 11 is 0. The summed E-state index contributed by atoms with van der Waals surface area (Å²) in [6.45, 7) is 5.24. The lowest BCUT2D eigenvalue weighted by Crippen LogP contribution is -2.70. The fraction of sp³-hybridized carbons (Fsp3) is 0.462. The maximum Gasteiger partial charge on any atom is 0.410 e. The number of carbonyl (C=O) groups is 1. The smallest absolute Gasteiger partial charge is 0.410 e. The predicted octanol–water partition coefficient (Wildman–Crippen LogP) is 4.36. The molecule has 10 heteroatoms. The molecule has 7 nitrogen and oxygen atoms in total. The van der Waals surface area contributed by atoms with Crippen LogP contribution < -0.4 is 4.72 Å². The molecular formula is C26H29F2N3O4S. The van der Waals surface area contributed by atoms with Crippen LogP contribution in [0.25, 0.3) is 11.1 Å². The van der Waals surface area contributed by atoms with Gasteiger partial charge in [-0.1, -0.05) is 18.2 Å². The van der Waals surface area contributed by atoms with E-state index in [1.165, 1.54) is 12.1 Å². The molecule has 2 saturated heterocycles. The zero-order chi connectivity index (χ0) is 26.4. The Hall–Kier alpha value is -3.03. The van der Waals surface area contributed by atoms with Crippen LogP contribution in [0.2, 0.25) is 0 Å². The number of benzene rings is 2. The van der Waals surface area contributed by atoms with Gasteiger partial charge in [0, 0.05) is 17.6 Å². The van der Waals surface area contributed by atoms with E-state index >= 15 is 4.39 Å². The Bertz CT molecular complexity index is 1330. The average Bonchev–Trinajstić information content (AvgIpc) is 2.72. The largest absolute Gasteiger partial charge is 0.444 e. The van der Waals surface area contributed by atoms with Crippen LogP contribution in [-0.2, 0) is 21.2 Å². The number of hydrogen-bond donors (Lipinski definition) is 1. The van der Waals surface area contributed by atoms with Crippen LogP contribution >= 0.6 is 0 Å². The van der Waals surface area contributed by atoms with E-state index in [1.54, 1.807) is 37.8 Å². The Labute approximate surface area is 210 Å². The Morgan fingerprint density at radius 1 is 1.22 bits per heavy atom. The Morgan fingerprint density at radius 2 is 1.92 bits per heavy atom. The quantitative estimate of drug-likeness (QED) is 0.635. The molecule has 1 aliphatic carbocycles. The van der Waals surface area contributed by atoms with Crippen LogP contribution in [0.4, 0.5) is 13.6 Å². The highest BCUT2D eigenvalue weighted by molar-refractivity contribution is 7.88. The van der Waals surface area contributed by atoms with Crippen LogP contribution in [0.3, 0.4) is 0 Å². The molecule has 2 atom stereocenters. The molecule has 2 aromatic carbocycles. The van der Waals surface area contributed by atoms with Gasteiger partial charge in [-0.05, 0) is 75.3 Å². The maximum absolute atomic E-state index is 15.8. The summed E-state index contributed by atoms with van der Waals surface area (Å²) in [5, 5.41) is 9.17. The molecule has 0 radical (unpaired) electrons. The van der Waals surface area contributed by atoms with E-state index in [4.69, 9.17) is 4.74 Å². The molecular weight excluding hydrogens is 488 g/mol. The summed E-state index contributed by atoms with van der Waals surface area (Å²) in [5.74, 6) is -1.26. The molecule has 0 spiro atoms. The van der Waals surface area contributed by atoms with Gasteiger partial charge in [0.05, 0.1) is 23.9 Å². The summed E-state index contributed by atoms with van der Waals surface area (Å²) in [6.07, 6.45) is 1.78. The number of carbonyl (C=O) groups excluding carboxylic acids is 1. The fourth-order valence-electron chi connectivity index (χ4n) is 5.15. The van der Waals surface area contributed by atoms with E-state index in [0.29, 0.717) is 12.8 Å². The number of rotatable bonds is 5. The molecule has 36 heavy (non-hydrogen) atoms. The molecule has 1 amide bonds. The minimum Gasteiger partial charge on any atom is -0.444 e. The first kappa shape index (κ1) is 26.0. The van der Waals surface area contributed by atoms with E-state index < -0.39 is 45.4 Å². The summed E-state index contributed by atoms with van der Waals surface area (Å²) in [4.78, 5) is 14.8. The normalized spacial score (nSPS) is 23.5. The zero-order valence-electron chi connectivity index (χ0n) is 20.6. The number of nitriles is 1. The third-order valence-corrected chi connectivity index (χ3v) is 7.32. The second kappa shape index (κ2) is 9.45. The number of nitrogens with one attached hydrogen (secondary N) is 1. The Kier molecular flexibility index (Phi) is 6.84. The number of amides is 1. The summed E-state index contributed by atoms with van der Waals surface area (Å²) in [6, 6.07) is 8.75. The maximum atomic E-state index is 15.8. The molecule has 3 aliphatic rings. The van der Waals surface area contributed by atoms with Gasteiger partial charge in [0.2, 0.25) is 10.0 Å². The number of ether oxygens (including phenoxy) is 1. The highest BCUT2D eigenvalue weighted by atomic mass is 32.2. The summed E-state index contributed by atoms with van der Waals surface area (Å²) < 4.78 is 62.5. The molecule has 2 aromatic rings. The molecule has 0 unspecified atom stereocenters. The molecule has 0 aromatic heterocycles. The van der Waals surface area contributed by atoms with Crippen LogP contribution in [0.5, 0.6) is 0 Å². The molecule has 192 valence electrons. The lowest BCUT2D eigenvalue weighted by atomic mass is 9.67. The van der Waals surface area contributed by atoms with Crippen molar-refractivity contribution >= 4 is 16.1 Å². The van der Waals surface area contributed by atoms with Gasteiger partial charge in [-0.2, -0.15) is 5.26 Å². The molecule has 1 N–H and O–H groups in total. The topological polar surface area (TPSA) is 99.5 Å². The van der Waals surface area contributed by atoms with Crippen molar-refractivity contribution in [3.8, 4) is 17.2 Å². The van der Waals surface area contributed by atoms with Gasteiger partial charge >= 0.3 is 6.09 Å². The van der Waals surface area contributed by atoms with Crippen molar-refractivity contribution in [3.63, 3.8) is 0 Å². The number of halogens is 2. The van der Waals surface area contributed by atoms with Crippen molar-refractivity contribution in [3.05, 3.63) is 59.2 Å². The van der Waals surface area contributed by atoms with Crippen LogP contribution in [0.1, 0.15) is 44.7 Å². The van der Waals surface area contributed by atoms with Crippen molar-refractivity contribution in [2.75, 3.05) is 6.26 Å². The van der Waals surface area contributed by atoms with Gasteiger partial charge in [-0.25, -0.2) is 26.7 Å². The summed E-state index contributed by atoms with van der Waals surface area (Å²) in [7, 11) is -3.61. The van der Waals surface area contributed by atoms with Gasteiger partial charge in [-0.15, -0.1) is 0 Å². The molecule has 2 bridgehead atoms. The number of hydrogen-bond acceptors (Lipinski definition) is 5. The highest BCUT2D eigenvalue weighted by Crippen LogP contribution is 2.45. The Morgan fingerprint density at radius 3 is 2.53 bits per heavy atom. The number of nitrogens with zero attached hydrogens (tertiary/aromatic N) is 2. The standard InChI is InChI=1S/C26H29F2N3O4S/c1-26(2,3)35-25(32)31-20-11-18(12-20)24(30-36(4,33)34)22(31)13-16-6-5-7-21(23(16)28)17-8-15(14-29)9-19(27)10-17/h5-10,18,20,22,24,30H,11-13H2,1-4H3/t18?,20?,22-,24-/m0/s1. The van der Waals surface area contributed by atoms with Crippen LogP contribution in [-0.4, -0.2) is 49.4 Å². The predicted molar refractivity (Wildman–Crippen MR) is 130 cm³/mol. The number of fused-ring (bicyclic) bond motifs is 2. The van der Waals surface area contributed by atoms with Crippen LogP contribution in [0, 0.1) is 28.9 Å². The first-order valence-electron chi connectivity index (χ1n) is 11.7. The van der Waals surface area contributed by atoms with E-state index in [1.807, 2.05) is 6.07 Å². The molecule has 2 heterocycles. The van der Waals surface area contributed by atoms with E-state index in [2.05, 4.69) is 4.72 Å². The third kappa shape index (κ3) is 5.52. The van der Waals surface area contributed by atoms with Crippen molar-refractivity contribution in [2.45, 2.75) is 63.8 Å². The monoisotopic (exact) mass is 517 g/mol. The van der Waals surface area contributed by atoms with Gasteiger partial charge in [0.25, 0.3) is 0 Å². The molecule has 2 aliphatic heterocycles. The first-order valence-corrected chi connectivity index (χ1v) is 13.6. The van der Waals surface area contributed by atoms with Gasteiger partial charge in [0.1, 0.15) is 17.2 Å². The van der Waals surface area contributed by atoms with E-state index in [9.17, 15) is 22.9 Å². The van der Waals surface area contributed by atoms with E-state index in [0.717, 1.165) is 18.4 Å². The Balaban J connectivity index is 1.73. The SMILES string of the molecule is CC(C)(C)OC(=O)N1C2CC(C2)[C@H](NS(C)(=O)=O)[C@@H]1Cc1cccc(-c2cc(F)cc(C#N)c2)c1F. The van der Waals surface area contributed by atoms with Crippen molar-refractivity contribution in [2.24, 2.45) is 5.92 Å². The van der Waals surface area contributed by atoms with Gasteiger partial charge in [-0.3, -0.25) is 0 Å². The summed E-state index contributed by atoms with van der Waals surface area (Å²) in [5.41, 5.74) is -0.123. The first-order chi connectivity index (χ1) is 16.8.